The summed E-state index contributed by atoms with van der Waals surface area (Å²) >= 11 is 4.95. The molecule has 20 heavy (non-hydrogen) atoms. The molecule has 0 saturated carbocycles. The molecule has 0 spiro atoms. The summed E-state index contributed by atoms with van der Waals surface area (Å²) in [5.74, 6) is -0.0671. The summed E-state index contributed by atoms with van der Waals surface area (Å²) in [6.45, 7) is 2.83. The van der Waals surface area contributed by atoms with Crippen LogP contribution < -0.4 is 10.6 Å². The van der Waals surface area contributed by atoms with Crippen molar-refractivity contribution in [2.45, 2.75) is 13.0 Å². The number of benzene rings is 1. The van der Waals surface area contributed by atoms with Crippen LogP contribution in [0.5, 0.6) is 0 Å². The summed E-state index contributed by atoms with van der Waals surface area (Å²) in [7, 11) is 1.60. The van der Waals surface area contributed by atoms with Gasteiger partial charge < -0.3 is 15.4 Å². The molecule has 0 aliphatic rings. The van der Waals surface area contributed by atoms with E-state index in [2.05, 4.69) is 31.5 Å². The molecule has 108 valence electrons. The smallest absolute Gasteiger partial charge is 0.242 e. The molecule has 1 amide bonds. The number of methoxy groups -OCH3 is 1. The number of aromatic nitrogens is 1. The maximum absolute atomic E-state index is 11.8. The summed E-state index contributed by atoms with van der Waals surface area (Å²) in [6, 6.07) is 5.60. The molecule has 0 fully saturated rings. The Morgan fingerprint density at radius 3 is 3.10 bits per heavy atom. The quantitative estimate of drug-likeness (QED) is 0.780. The molecular formula is C13H16BrN3O2S. The first kappa shape index (κ1) is 15.2. The zero-order valence-corrected chi connectivity index (χ0v) is 13.7. The second kappa shape index (κ2) is 7.01. The van der Waals surface area contributed by atoms with E-state index in [0.717, 1.165) is 19.8 Å². The number of carbonyl (C=O) groups excluding carboxylic acids is 1. The molecule has 1 unspecified atom stereocenters. The summed E-state index contributed by atoms with van der Waals surface area (Å²) in [4.78, 5) is 16.3. The van der Waals surface area contributed by atoms with Crippen molar-refractivity contribution in [2.75, 3.05) is 25.6 Å². The Morgan fingerprint density at radius 1 is 1.55 bits per heavy atom. The fourth-order valence-corrected chi connectivity index (χ4v) is 2.92. The van der Waals surface area contributed by atoms with Crippen LogP contribution in [0.15, 0.2) is 22.7 Å². The van der Waals surface area contributed by atoms with Crippen molar-refractivity contribution in [1.29, 1.82) is 0 Å². The highest BCUT2D eigenvalue weighted by molar-refractivity contribution is 9.10. The Bertz CT molecular complexity index is 602. The van der Waals surface area contributed by atoms with E-state index in [1.165, 1.54) is 11.3 Å². The van der Waals surface area contributed by atoms with Crippen molar-refractivity contribution < 1.29 is 9.53 Å². The second-order valence-corrected chi connectivity index (χ2v) is 6.23. The number of anilines is 1. The highest BCUT2D eigenvalue weighted by Gasteiger charge is 2.14. The van der Waals surface area contributed by atoms with Gasteiger partial charge in [0.15, 0.2) is 5.13 Å². The lowest BCUT2D eigenvalue weighted by Gasteiger charge is -2.12. The predicted octanol–water partition coefficient (Wildman–Crippen LogP) is 2.62. The number of nitrogens with one attached hydrogen (secondary N) is 2. The number of nitrogens with zero attached hydrogens (tertiary/aromatic N) is 1. The Hall–Kier alpha value is -1.18. The van der Waals surface area contributed by atoms with Gasteiger partial charge in [-0.1, -0.05) is 27.3 Å². The Labute approximate surface area is 129 Å². The van der Waals surface area contributed by atoms with Crippen molar-refractivity contribution in [3.05, 3.63) is 22.7 Å². The molecule has 2 N–H and O–H groups in total. The minimum Gasteiger partial charge on any atom is -0.383 e. The van der Waals surface area contributed by atoms with Crippen LogP contribution in [0.1, 0.15) is 6.92 Å². The number of rotatable bonds is 6. The van der Waals surface area contributed by atoms with E-state index in [0.29, 0.717) is 13.2 Å². The second-order valence-electron chi connectivity index (χ2n) is 4.28. The third-order valence-electron chi connectivity index (χ3n) is 2.69. The molecule has 1 aromatic carbocycles. The van der Waals surface area contributed by atoms with Gasteiger partial charge in [-0.3, -0.25) is 4.79 Å². The number of thiazole rings is 1. The number of amides is 1. The molecule has 1 atom stereocenters. The zero-order chi connectivity index (χ0) is 14.5. The predicted molar refractivity (Wildman–Crippen MR) is 85.3 cm³/mol. The largest absolute Gasteiger partial charge is 0.383 e. The number of hydrogen-bond donors (Lipinski definition) is 2. The zero-order valence-electron chi connectivity index (χ0n) is 11.3. The normalized spacial score (nSPS) is 12.3. The summed E-state index contributed by atoms with van der Waals surface area (Å²) in [5, 5.41) is 6.65. The van der Waals surface area contributed by atoms with Crippen molar-refractivity contribution in [1.82, 2.24) is 10.3 Å². The molecule has 1 aromatic heterocycles. The van der Waals surface area contributed by atoms with E-state index in [-0.39, 0.29) is 11.9 Å². The number of ether oxygens (including phenoxy) is 1. The fourth-order valence-electron chi connectivity index (χ4n) is 1.64. The first-order valence-corrected chi connectivity index (χ1v) is 7.80. The van der Waals surface area contributed by atoms with E-state index in [4.69, 9.17) is 4.74 Å². The van der Waals surface area contributed by atoms with E-state index >= 15 is 0 Å². The number of hydrogen-bond acceptors (Lipinski definition) is 5. The van der Waals surface area contributed by atoms with Gasteiger partial charge in [0.1, 0.15) is 6.04 Å². The average molecular weight is 358 g/mol. The summed E-state index contributed by atoms with van der Waals surface area (Å²) < 4.78 is 6.97. The van der Waals surface area contributed by atoms with Crippen LogP contribution in [0.4, 0.5) is 5.13 Å². The molecule has 0 aliphatic carbocycles. The number of fused-ring (bicyclic) bond motifs is 1. The molecule has 2 aromatic rings. The van der Waals surface area contributed by atoms with Gasteiger partial charge in [0.2, 0.25) is 5.91 Å². The minimum atomic E-state index is -0.337. The molecule has 2 rings (SSSR count). The van der Waals surface area contributed by atoms with Crippen LogP contribution in [-0.4, -0.2) is 37.2 Å². The van der Waals surface area contributed by atoms with Crippen LogP contribution in [0.25, 0.3) is 10.2 Å². The summed E-state index contributed by atoms with van der Waals surface area (Å²) in [5.41, 5.74) is 0.916. The molecule has 0 radical (unpaired) electrons. The van der Waals surface area contributed by atoms with Gasteiger partial charge in [0.05, 0.1) is 16.8 Å². The van der Waals surface area contributed by atoms with Gasteiger partial charge in [-0.15, -0.1) is 0 Å². The highest BCUT2D eigenvalue weighted by atomic mass is 79.9. The number of halogens is 1. The maximum atomic E-state index is 11.8. The van der Waals surface area contributed by atoms with Crippen molar-refractivity contribution in [2.24, 2.45) is 0 Å². The third-order valence-corrected chi connectivity index (χ3v) is 4.15. The van der Waals surface area contributed by atoms with Crippen LogP contribution in [0, 0.1) is 0 Å². The lowest BCUT2D eigenvalue weighted by molar-refractivity contribution is -0.121. The first-order chi connectivity index (χ1) is 9.60. The van der Waals surface area contributed by atoms with E-state index in [1.54, 1.807) is 7.11 Å². The molecule has 7 heteroatoms. The van der Waals surface area contributed by atoms with Crippen molar-refractivity contribution in [3.8, 4) is 0 Å². The molecular weight excluding hydrogens is 342 g/mol. The molecule has 1 heterocycles. The van der Waals surface area contributed by atoms with Gasteiger partial charge >= 0.3 is 0 Å². The fraction of sp³-hybridized carbons (Fsp3) is 0.385. The van der Waals surface area contributed by atoms with Gasteiger partial charge in [-0.05, 0) is 25.1 Å². The highest BCUT2D eigenvalue weighted by Crippen LogP contribution is 2.28. The Kier molecular flexibility index (Phi) is 5.33. The molecule has 5 nitrogen and oxygen atoms in total. The van der Waals surface area contributed by atoms with Gasteiger partial charge in [-0.2, -0.15) is 0 Å². The average Bonchev–Trinajstić information content (AvgIpc) is 2.80. The van der Waals surface area contributed by atoms with Crippen molar-refractivity contribution >= 4 is 48.5 Å². The monoisotopic (exact) mass is 357 g/mol. The Morgan fingerprint density at radius 2 is 2.35 bits per heavy atom. The summed E-state index contributed by atoms with van der Waals surface area (Å²) in [6.07, 6.45) is 0. The van der Waals surface area contributed by atoms with Crippen LogP contribution >= 0.6 is 27.3 Å². The van der Waals surface area contributed by atoms with Gasteiger partial charge in [-0.25, -0.2) is 4.98 Å². The minimum absolute atomic E-state index is 0.0671. The maximum Gasteiger partial charge on any atom is 0.242 e. The third kappa shape index (κ3) is 3.91. The van der Waals surface area contributed by atoms with E-state index < -0.39 is 0 Å². The van der Waals surface area contributed by atoms with Crippen molar-refractivity contribution in [3.63, 3.8) is 0 Å². The van der Waals surface area contributed by atoms with Gasteiger partial charge in [0, 0.05) is 18.1 Å². The van der Waals surface area contributed by atoms with E-state index in [1.807, 2.05) is 25.1 Å². The first-order valence-electron chi connectivity index (χ1n) is 6.19. The molecule has 0 aliphatic heterocycles. The lowest BCUT2D eigenvalue weighted by atomic mass is 10.3. The molecule has 0 bridgehead atoms. The standard InChI is InChI=1S/C13H16BrN3O2S/c1-8(12(18)15-5-6-19-2)16-13-17-10-7-9(14)3-4-11(10)20-13/h3-4,7-8H,5-6H2,1-2H3,(H,15,18)(H,16,17). The SMILES string of the molecule is COCCNC(=O)C(C)Nc1nc2cc(Br)ccc2s1. The molecule has 0 saturated heterocycles. The lowest BCUT2D eigenvalue weighted by Crippen LogP contribution is -2.38. The van der Waals surface area contributed by atoms with Crippen LogP contribution in [0.2, 0.25) is 0 Å². The Balaban J connectivity index is 1.98. The van der Waals surface area contributed by atoms with Gasteiger partial charge in [0.25, 0.3) is 0 Å². The van der Waals surface area contributed by atoms with E-state index in [9.17, 15) is 4.79 Å². The van der Waals surface area contributed by atoms with Crippen LogP contribution in [0.3, 0.4) is 0 Å². The number of carbonyl (C=O) groups is 1. The topological polar surface area (TPSA) is 63.2 Å². The van der Waals surface area contributed by atoms with Crippen LogP contribution in [-0.2, 0) is 9.53 Å².